The van der Waals surface area contributed by atoms with Crippen LogP contribution in [0.2, 0.25) is 5.02 Å². The second-order valence-corrected chi connectivity index (χ2v) is 7.36. The first kappa shape index (κ1) is 19.1. The Bertz CT molecular complexity index is 1050. The third kappa shape index (κ3) is 4.00. The van der Waals surface area contributed by atoms with Crippen molar-refractivity contribution < 1.29 is 9.59 Å². The Hall–Kier alpha value is -3.19. The highest BCUT2D eigenvalue weighted by Crippen LogP contribution is 2.29. The van der Waals surface area contributed by atoms with Gasteiger partial charge in [0.15, 0.2) is 0 Å². The van der Waals surface area contributed by atoms with Crippen LogP contribution in [0.5, 0.6) is 0 Å². The van der Waals surface area contributed by atoms with Crippen molar-refractivity contribution in [2.75, 3.05) is 16.8 Å². The summed E-state index contributed by atoms with van der Waals surface area (Å²) in [6, 6.07) is 13.0. The zero-order chi connectivity index (χ0) is 20.4. The van der Waals surface area contributed by atoms with Crippen molar-refractivity contribution in [1.29, 1.82) is 0 Å². The molecule has 1 aliphatic rings. The van der Waals surface area contributed by atoms with Gasteiger partial charge in [-0.25, -0.2) is 9.67 Å². The van der Waals surface area contributed by atoms with Gasteiger partial charge in [-0.05, 0) is 42.3 Å². The molecule has 2 aromatic carbocycles. The average molecular weight is 410 g/mol. The fourth-order valence-electron chi connectivity index (χ4n) is 3.45. The van der Waals surface area contributed by atoms with E-state index in [1.807, 2.05) is 24.3 Å². The van der Waals surface area contributed by atoms with Crippen LogP contribution in [-0.2, 0) is 16.0 Å². The minimum atomic E-state index is -0.449. The number of carbonyl (C=O) groups excluding carboxylic acids is 2. The van der Waals surface area contributed by atoms with E-state index in [2.05, 4.69) is 22.3 Å². The molecule has 0 aliphatic carbocycles. The Labute approximate surface area is 173 Å². The minimum Gasteiger partial charge on any atom is -0.324 e. The molecule has 29 heavy (non-hydrogen) atoms. The molecule has 0 radical (unpaired) electrons. The summed E-state index contributed by atoms with van der Waals surface area (Å²) in [4.78, 5) is 31.1. The summed E-state index contributed by atoms with van der Waals surface area (Å²) in [6.07, 6.45) is 4.01. The van der Waals surface area contributed by atoms with Crippen molar-refractivity contribution in [2.45, 2.75) is 19.8 Å². The molecule has 1 unspecified atom stereocenters. The molecular weight excluding hydrogens is 390 g/mol. The summed E-state index contributed by atoms with van der Waals surface area (Å²) < 4.78 is 1.55. The van der Waals surface area contributed by atoms with Crippen LogP contribution in [0.4, 0.5) is 11.4 Å². The first-order valence-electron chi connectivity index (χ1n) is 9.40. The van der Waals surface area contributed by atoms with Crippen LogP contribution in [0.15, 0.2) is 55.1 Å². The molecule has 1 aromatic heterocycles. The Morgan fingerprint density at radius 3 is 2.90 bits per heavy atom. The molecule has 8 heteroatoms. The lowest BCUT2D eigenvalue weighted by molar-refractivity contribution is -0.122. The summed E-state index contributed by atoms with van der Waals surface area (Å²) in [5.74, 6) is -0.729. The van der Waals surface area contributed by atoms with Crippen molar-refractivity contribution in [3.63, 3.8) is 0 Å². The normalized spacial score (nSPS) is 16.3. The smallest absolute Gasteiger partial charge is 0.229 e. The number of aromatic nitrogens is 3. The highest BCUT2D eigenvalue weighted by Gasteiger charge is 2.35. The fourth-order valence-corrected chi connectivity index (χ4v) is 3.62. The second kappa shape index (κ2) is 8.05. The lowest BCUT2D eigenvalue weighted by Gasteiger charge is -2.18. The highest BCUT2D eigenvalue weighted by molar-refractivity contribution is 6.31. The van der Waals surface area contributed by atoms with Gasteiger partial charge in [-0.2, -0.15) is 5.10 Å². The standard InChI is InChI=1S/C21H20ClN5O2/c1-2-14-4-3-5-17(8-14)26-11-15(9-20(26)28)21(29)25-18-10-16(22)6-7-19(18)27-13-23-12-24-27/h3-8,10,12-13,15H,2,9,11H2,1H3,(H,25,29). The zero-order valence-electron chi connectivity index (χ0n) is 15.9. The number of nitrogens with one attached hydrogen (secondary N) is 1. The van der Waals surface area contributed by atoms with Crippen LogP contribution in [0, 0.1) is 5.92 Å². The van der Waals surface area contributed by atoms with E-state index >= 15 is 0 Å². The molecule has 148 valence electrons. The number of benzene rings is 2. The number of anilines is 2. The van der Waals surface area contributed by atoms with E-state index < -0.39 is 5.92 Å². The molecule has 1 N–H and O–H groups in total. The van der Waals surface area contributed by atoms with Gasteiger partial charge in [0.05, 0.1) is 17.3 Å². The summed E-state index contributed by atoms with van der Waals surface area (Å²) in [5.41, 5.74) is 3.15. The van der Waals surface area contributed by atoms with Gasteiger partial charge >= 0.3 is 0 Å². The SMILES string of the molecule is CCc1cccc(N2CC(C(=O)Nc3cc(Cl)ccc3-n3cncn3)CC2=O)c1. The van der Waals surface area contributed by atoms with Gasteiger partial charge in [0.2, 0.25) is 11.8 Å². The topological polar surface area (TPSA) is 80.1 Å². The van der Waals surface area contributed by atoms with Crippen LogP contribution in [0.25, 0.3) is 5.69 Å². The first-order valence-corrected chi connectivity index (χ1v) is 9.77. The third-order valence-corrected chi connectivity index (χ3v) is 5.24. The fraction of sp³-hybridized carbons (Fsp3) is 0.238. The van der Waals surface area contributed by atoms with Crippen LogP contribution in [0.1, 0.15) is 18.9 Å². The molecule has 1 aliphatic heterocycles. The Balaban J connectivity index is 1.53. The van der Waals surface area contributed by atoms with Gasteiger partial charge in [-0.3, -0.25) is 9.59 Å². The van der Waals surface area contributed by atoms with Gasteiger partial charge in [0.25, 0.3) is 0 Å². The van der Waals surface area contributed by atoms with Gasteiger partial charge in [-0.15, -0.1) is 0 Å². The van der Waals surface area contributed by atoms with E-state index in [1.54, 1.807) is 34.1 Å². The molecule has 1 atom stereocenters. The molecule has 2 heterocycles. The van der Waals surface area contributed by atoms with Crippen molar-refractivity contribution in [3.8, 4) is 5.69 Å². The maximum Gasteiger partial charge on any atom is 0.229 e. The first-order chi connectivity index (χ1) is 14.0. The van der Waals surface area contributed by atoms with E-state index in [0.717, 1.165) is 17.7 Å². The lowest BCUT2D eigenvalue weighted by atomic mass is 10.1. The van der Waals surface area contributed by atoms with E-state index in [9.17, 15) is 9.59 Å². The number of hydrogen-bond acceptors (Lipinski definition) is 4. The summed E-state index contributed by atoms with van der Waals surface area (Å²) >= 11 is 6.12. The largest absolute Gasteiger partial charge is 0.324 e. The predicted molar refractivity (Wildman–Crippen MR) is 111 cm³/mol. The zero-order valence-corrected chi connectivity index (χ0v) is 16.6. The van der Waals surface area contributed by atoms with Gasteiger partial charge in [0.1, 0.15) is 12.7 Å². The van der Waals surface area contributed by atoms with Gasteiger partial charge in [-0.1, -0.05) is 30.7 Å². The lowest BCUT2D eigenvalue weighted by Crippen LogP contribution is -2.28. The second-order valence-electron chi connectivity index (χ2n) is 6.92. The van der Waals surface area contributed by atoms with Crippen molar-refractivity contribution in [3.05, 3.63) is 65.7 Å². The molecular formula is C21H20ClN5O2. The number of halogens is 1. The van der Waals surface area contributed by atoms with Crippen LogP contribution in [0.3, 0.4) is 0 Å². The maximum atomic E-state index is 12.9. The number of amides is 2. The monoisotopic (exact) mass is 409 g/mol. The van der Waals surface area contributed by atoms with Crippen molar-refractivity contribution in [1.82, 2.24) is 14.8 Å². The Morgan fingerprint density at radius 1 is 1.28 bits per heavy atom. The Morgan fingerprint density at radius 2 is 2.14 bits per heavy atom. The van der Waals surface area contributed by atoms with E-state index in [-0.39, 0.29) is 18.2 Å². The summed E-state index contributed by atoms with van der Waals surface area (Å²) in [5, 5.41) is 7.51. The van der Waals surface area contributed by atoms with Crippen LogP contribution < -0.4 is 10.2 Å². The van der Waals surface area contributed by atoms with E-state index in [0.29, 0.717) is 22.9 Å². The van der Waals surface area contributed by atoms with Crippen molar-refractivity contribution >= 4 is 34.8 Å². The summed E-state index contributed by atoms with van der Waals surface area (Å²) in [7, 11) is 0. The molecule has 0 spiro atoms. The number of nitrogens with zero attached hydrogens (tertiary/aromatic N) is 4. The predicted octanol–water partition coefficient (Wildman–Crippen LogP) is 3.47. The number of rotatable bonds is 5. The minimum absolute atomic E-state index is 0.0546. The Kier molecular flexibility index (Phi) is 5.31. The van der Waals surface area contributed by atoms with E-state index in [1.165, 1.54) is 6.33 Å². The molecule has 1 fully saturated rings. The van der Waals surface area contributed by atoms with Crippen LogP contribution >= 0.6 is 11.6 Å². The molecule has 0 bridgehead atoms. The maximum absolute atomic E-state index is 12.9. The highest BCUT2D eigenvalue weighted by atomic mass is 35.5. The molecule has 4 rings (SSSR count). The third-order valence-electron chi connectivity index (χ3n) is 5.01. The number of hydrogen-bond donors (Lipinski definition) is 1. The summed E-state index contributed by atoms with van der Waals surface area (Å²) in [6.45, 7) is 2.41. The molecule has 3 aromatic rings. The molecule has 0 saturated carbocycles. The van der Waals surface area contributed by atoms with E-state index in [4.69, 9.17) is 11.6 Å². The molecule has 1 saturated heterocycles. The average Bonchev–Trinajstić information content (AvgIpc) is 3.38. The van der Waals surface area contributed by atoms with Gasteiger partial charge < -0.3 is 10.2 Å². The van der Waals surface area contributed by atoms with Crippen LogP contribution in [-0.4, -0.2) is 33.1 Å². The molecule has 7 nitrogen and oxygen atoms in total. The number of aryl methyl sites for hydroxylation is 1. The van der Waals surface area contributed by atoms with Gasteiger partial charge in [0, 0.05) is 23.7 Å². The van der Waals surface area contributed by atoms with Crippen molar-refractivity contribution in [2.24, 2.45) is 5.92 Å². The number of carbonyl (C=O) groups is 2. The molecule has 2 amide bonds. The quantitative estimate of drug-likeness (QED) is 0.699.